The first-order valence-electron chi connectivity index (χ1n) is 3.28. The molecule has 0 unspecified atom stereocenters. The molecule has 0 aliphatic rings. The lowest BCUT2D eigenvalue weighted by molar-refractivity contribution is 0.584. The zero-order valence-electron chi connectivity index (χ0n) is 6.43. The fourth-order valence-electron chi connectivity index (χ4n) is 0.529. The monoisotopic (exact) mass is 197 g/mol. The van der Waals surface area contributed by atoms with Crippen LogP contribution < -0.4 is 4.72 Å². The second kappa shape index (κ2) is 4.74. The first-order valence-corrected chi connectivity index (χ1v) is 5.31. The van der Waals surface area contributed by atoms with Crippen LogP contribution in [0.4, 0.5) is 0 Å². The van der Waals surface area contributed by atoms with Crippen LogP contribution in [-0.2, 0) is 10.0 Å². The Morgan fingerprint density at radius 2 is 2.18 bits per heavy atom. The standard InChI is InChI=1S/C6H12ClNO2S/c1-3-4-11(9,10)8-5-6(2)7/h8H,2-5H2,1H3. The van der Waals surface area contributed by atoms with Crippen molar-refractivity contribution in [3.05, 3.63) is 11.6 Å². The highest BCUT2D eigenvalue weighted by atomic mass is 35.5. The molecule has 11 heavy (non-hydrogen) atoms. The van der Waals surface area contributed by atoms with Crippen LogP contribution in [0.5, 0.6) is 0 Å². The fraction of sp³-hybridized carbons (Fsp3) is 0.667. The zero-order chi connectivity index (χ0) is 8.91. The van der Waals surface area contributed by atoms with Crippen LogP contribution in [0.15, 0.2) is 11.6 Å². The van der Waals surface area contributed by atoms with E-state index in [4.69, 9.17) is 11.6 Å². The summed E-state index contributed by atoms with van der Waals surface area (Å²) in [7, 11) is -3.12. The van der Waals surface area contributed by atoms with Gasteiger partial charge in [-0.1, -0.05) is 25.1 Å². The third-order valence-corrected chi connectivity index (χ3v) is 2.62. The molecule has 0 heterocycles. The molecule has 0 fully saturated rings. The third-order valence-electron chi connectivity index (χ3n) is 0.957. The van der Waals surface area contributed by atoms with Gasteiger partial charge in [-0.3, -0.25) is 0 Å². The van der Waals surface area contributed by atoms with E-state index in [1.165, 1.54) is 0 Å². The maximum absolute atomic E-state index is 10.9. The Morgan fingerprint density at radius 3 is 2.55 bits per heavy atom. The number of sulfonamides is 1. The van der Waals surface area contributed by atoms with Gasteiger partial charge in [-0.05, 0) is 6.42 Å². The first kappa shape index (κ1) is 10.9. The molecule has 0 aliphatic carbocycles. The lowest BCUT2D eigenvalue weighted by Gasteiger charge is -2.02. The topological polar surface area (TPSA) is 46.2 Å². The quantitative estimate of drug-likeness (QED) is 0.717. The van der Waals surface area contributed by atoms with E-state index in [1.54, 1.807) is 6.92 Å². The molecule has 0 saturated carbocycles. The molecule has 0 spiro atoms. The normalized spacial score (nSPS) is 11.5. The summed E-state index contributed by atoms with van der Waals surface area (Å²) in [4.78, 5) is 0. The van der Waals surface area contributed by atoms with Crippen molar-refractivity contribution in [1.29, 1.82) is 0 Å². The van der Waals surface area contributed by atoms with Gasteiger partial charge in [0.1, 0.15) is 0 Å². The van der Waals surface area contributed by atoms with Crippen LogP contribution in [0, 0.1) is 0 Å². The lowest BCUT2D eigenvalue weighted by atomic mass is 10.6. The van der Waals surface area contributed by atoms with Crippen molar-refractivity contribution in [3.8, 4) is 0 Å². The molecule has 0 aromatic heterocycles. The largest absolute Gasteiger partial charge is 0.212 e. The summed E-state index contributed by atoms with van der Waals surface area (Å²) < 4.78 is 24.1. The number of hydrogen-bond donors (Lipinski definition) is 1. The molecule has 0 bridgehead atoms. The molecular formula is C6H12ClNO2S. The van der Waals surface area contributed by atoms with E-state index in [0.29, 0.717) is 11.5 Å². The predicted molar refractivity (Wildman–Crippen MR) is 47.1 cm³/mol. The minimum absolute atomic E-state index is 0.115. The molecule has 66 valence electrons. The van der Waals surface area contributed by atoms with Crippen LogP contribution in [0.2, 0.25) is 0 Å². The van der Waals surface area contributed by atoms with E-state index in [9.17, 15) is 8.42 Å². The minimum Gasteiger partial charge on any atom is -0.212 e. The van der Waals surface area contributed by atoms with E-state index in [-0.39, 0.29) is 12.3 Å². The fourth-order valence-corrected chi connectivity index (χ4v) is 1.75. The Bertz CT molecular complexity index is 223. The van der Waals surface area contributed by atoms with Crippen LogP contribution >= 0.6 is 11.6 Å². The van der Waals surface area contributed by atoms with E-state index in [0.717, 1.165) is 0 Å². The summed E-state index contributed by atoms with van der Waals surface area (Å²) in [6.45, 7) is 5.27. The first-order chi connectivity index (χ1) is 4.98. The highest BCUT2D eigenvalue weighted by molar-refractivity contribution is 7.89. The number of hydrogen-bond acceptors (Lipinski definition) is 2. The molecule has 0 rings (SSSR count). The van der Waals surface area contributed by atoms with Gasteiger partial charge in [0.05, 0.1) is 5.75 Å². The molecule has 3 nitrogen and oxygen atoms in total. The van der Waals surface area contributed by atoms with Crippen molar-refractivity contribution in [3.63, 3.8) is 0 Å². The van der Waals surface area contributed by atoms with Crippen molar-refractivity contribution in [2.24, 2.45) is 0 Å². The van der Waals surface area contributed by atoms with Crippen molar-refractivity contribution < 1.29 is 8.42 Å². The molecule has 0 aromatic carbocycles. The van der Waals surface area contributed by atoms with Gasteiger partial charge in [-0.15, -0.1) is 0 Å². The smallest absolute Gasteiger partial charge is 0.211 e. The third kappa shape index (κ3) is 6.34. The Kier molecular flexibility index (Phi) is 4.72. The Balaban J connectivity index is 3.84. The van der Waals surface area contributed by atoms with E-state index in [2.05, 4.69) is 11.3 Å². The molecule has 0 radical (unpaired) electrons. The van der Waals surface area contributed by atoms with Gasteiger partial charge >= 0.3 is 0 Å². The van der Waals surface area contributed by atoms with Crippen LogP contribution in [0.3, 0.4) is 0 Å². The van der Waals surface area contributed by atoms with Gasteiger partial charge in [0.15, 0.2) is 0 Å². The van der Waals surface area contributed by atoms with Crippen LogP contribution in [0.1, 0.15) is 13.3 Å². The van der Waals surface area contributed by atoms with E-state index >= 15 is 0 Å². The summed E-state index contributed by atoms with van der Waals surface area (Å²) in [6, 6.07) is 0. The summed E-state index contributed by atoms with van der Waals surface area (Å²) in [6.07, 6.45) is 0.601. The summed E-state index contributed by atoms with van der Waals surface area (Å²) in [5, 5.41) is 0.296. The molecular weight excluding hydrogens is 186 g/mol. The minimum atomic E-state index is -3.12. The number of nitrogens with one attached hydrogen (secondary N) is 1. The number of halogens is 1. The molecule has 0 atom stereocenters. The SMILES string of the molecule is C=C(Cl)CNS(=O)(=O)CCC. The van der Waals surface area contributed by atoms with Gasteiger partial charge in [0.2, 0.25) is 10.0 Å². The molecule has 0 aliphatic heterocycles. The molecule has 0 aromatic rings. The highest BCUT2D eigenvalue weighted by Gasteiger charge is 2.06. The predicted octanol–water partition coefficient (Wildman–Crippen LogP) is 1.07. The second-order valence-corrected chi connectivity index (χ2v) is 4.62. The maximum Gasteiger partial charge on any atom is 0.211 e. The van der Waals surface area contributed by atoms with E-state index in [1.807, 2.05) is 0 Å². The number of rotatable bonds is 5. The average Bonchev–Trinajstić information content (AvgIpc) is 1.84. The van der Waals surface area contributed by atoms with Gasteiger partial charge in [-0.2, -0.15) is 0 Å². The van der Waals surface area contributed by atoms with Gasteiger partial charge in [-0.25, -0.2) is 13.1 Å². The van der Waals surface area contributed by atoms with Crippen molar-refractivity contribution in [1.82, 2.24) is 4.72 Å². The van der Waals surface area contributed by atoms with E-state index < -0.39 is 10.0 Å². The molecule has 5 heteroatoms. The van der Waals surface area contributed by atoms with Crippen LogP contribution in [-0.4, -0.2) is 20.7 Å². The zero-order valence-corrected chi connectivity index (χ0v) is 8.00. The second-order valence-electron chi connectivity index (χ2n) is 2.16. The Morgan fingerprint density at radius 1 is 1.64 bits per heavy atom. The summed E-state index contributed by atoms with van der Waals surface area (Å²) in [5.74, 6) is 0.136. The summed E-state index contributed by atoms with van der Waals surface area (Å²) in [5.41, 5.74) is 0. The molecule has 1 N–H and O–H groups in total. The summed E-state index contributed by atoms with van der Waals surface area (Å²) >= 11 is 5.36. The average molecular weight is 198 g/mol. The van der Waals surface area contributed by atoms with Gasteiger partial charge in [0, 0.05) is 11.6 Å². The Labute approximate surface area is 72.5 Å². The molecule has 0 amide bonds. The van der Waals surface area contributed by atoms with Gasteiger partial charge in [0.25, 0.3) is 0 Å². The lowest BCUT2D eigenvalue weighted by Crippen LogP contribution is -2.27. The maximum atomic E-state index is 10.9. The van der Waals surface area contributed by atoms with Crippen molar-refractivity contribution >= 4 is 21.6 Å². The molecule has 0 saturated heterocycles. The highest BCUT2D eigenvalue weighted by Crippen LogP contribution is 1.95. The van der Waals surface area contributed by atoms with Crippen molar-refractivity contribution in [2.75, 3.05) is 12.3 Å². The van der Waals surface area contributed by atoms with Crippen LogP contribution in [0.25, 0.3) is 0 Å². The Hall–Kier alpha value is -0.0600. The van der Waals surface area contributed by atoms with Crippen molar-refractivity contribution in [2.45, 2.75) is 13.3 Å². The van der Waals surface area contributed by atoms with Gasteiger partial charge < -0.3 is 0 Å².